The third-order valence-electron chi connectivity index (χ3n) is 4.22. The SMILES string of the molecule is COc1cc(COCc2ccc(C3=NCNC3)cc2)cc(OC)c1OC. The lowest BCUT2D eigenvalue weighted by Gasteiger charge is -2.14. The average Bonchev–Trinajstić information content (AvgIpc) is 3.22. The molecule has 0 aromatic heterocycles. The van der Waals surface area contributed by atoms with Crippen LogP contribution in [0.3, 0.4) is 0 Å². The van der Waals surface area contributed by atoms with Crippen LogP contribution in [0.25, 0.3) is 0 Å². The van der Waals surface area contributed by atoms with E-state index in [1.807, 2.05) is 12.1 Å². The smallest absolute Gasteiger partial charge is 0.203 e. The zero-order valence-corrected chi connectivity index (χ0v) is 15.4. The molecule has 0 bridgehead atoms. The molecule has 138 valence electrons. The molecule has 0 aliphatic carbocycles. The predicted molar refractivity (Wildman–Crippen MR) is 100 cm³/mol. The largest absolute Gasteiger partial charge is 0.493 e. The van der Waals surface area contributed by atoms with E-state index in [4.69, 9.17) is 18.9 Å². The van der Waals surface area contributed by atoms with Crippen molar-refractivity contribution in [2.24, 2.45) is 4.99 Å². The maximum Gasteiger partial charge on any atom is 0.203 e. The van der Waals surface area contributed by atoms with Gasteiger partial charge in [-0.2, -0.15) is 0 Å². The number of ether oxygens (including phenoxy) is 4. The van der Waals surface area contributed by atoms with Gasteiger partial charge in [0.05, 0.1) is 46.9 Å². The van der Waals surface area contributed by atoms with E-state index in [0.717, 1.165) is 28.9 Å². The number of hydrogen-bond donors (Lipinski definition) is 1. The van der Waals surface area contributed by atoms with Crippen molar-refractivity contribution in [2.75, 3.05) is 34.5 Å². The van der Waals surface area contributed by atoms with Gasteiger partial charge in [-0.3, -0.25) is 10.3 Å². The minimum Gasteiger partial charge on any atom is -0.493 e. The van der Waals surface area contributed by atoms with Crippen molar-refractivity contribution in [3.63, 3.8) is 0 Å². The van der Waals surface area contributed by atoms with Crippen molar-refractivity contribution in [3.8, 4) is 17.2 Å². The number of hydrogen-bond acceptors (Lipinski definition) is 6. The Morgan fingerprint density at radius 1 is 0.885 bits per heavy atom. The van der Waals surface area contributed by atoms with Crippen LogP contribution in [-0.2, 0) is 18.0 Å². The van der Waals surface area contributed by atoms with Gasteiger partial charge in [-0.25, -0.2) is 0 Å². The number of nitrogens with zero attached hydrogens (tertiary/aromatic N) is 1. The number of methoxy groups -OCH3 is 3. The molecule has 0 fully saturated rings. The van der Waals surface area contributed by atoms with Gasteiger partial charge in [0.15, 0.2) is 11.5 Å². The van der Waals surface area contributed by atoms with Crippen molar-refractivity contribution in [2.45, 2.75) is 13.2 Å². The molecular weight excluding hydrogens is 332 g/mol. The molecule has 26 heavy (non-hydrogen) atoms. The van der Waals surface area contributed by atoms with Crippen molar-refractivity contribution in [3.05, 3.63) is 53.1 Å². The second-order valence-corrected chi connectivity index (χ2v) is 5.91. The lowest BCUT2D eigenvalue weighted by molar-refractivity contribution is 0.107. The Bertz CT molecular complexity index is 747. The van der Waals surface area contributed by atoms with Crippen LogP contribution in [0.2, 0.25) is 0 Å². The first kappa shape index (κ1) is 18.2. The van der Waals surface area contributed by atoms with E-state index in [9.17, 15) is 0 Å². The highest BCUT2D eigenvalue weighted by molar-refractivity contribution is 6.02. The van der Waals surface area contributed by atoms with E-state index in [2.05, 4.69) is 34.6 Å². The third-order valence-corrected chi connectivity index (χ3v) is 4.22. The van der Waals surface area contributed by atoms with Crippen molar-refractivity contribution >= 4 is 5.71 Å². The zero-order valence-electron chi connectivity index (χ0n) is 15.4. The van der Waals surface area contributed by atoms with Crippen LogP contribution in [0.5, 0.6) is 17.2 Å². The summed E-state index contributed by atoms with van der Waals surface area (Å²) >= 11 is 0. The van der Waals surface area contributed by atoms with Gasteiger partial charge in [0, 0.05) is 6.54 Å². The summed E-state index contributed by atoms with van der Waals surface area (Å²) in [7, 11) is 4.80. The topological polar surface area (TPSA) is 61.3 Å². The summed E-state index contributed by atoms with van der Waals surface area (Å²) in [5, 5.41) is 3.21. The van der Waals surface area contributed by atoms with E-state index in [1.54, 1.807) is 21.3 Å². The number of benzene rings is 2. The molecule has 1 aliphatic rings. The van der Waals surface area contributed by atoms with Gasteiger partial charge < -0.3 is 18.9 Å². The highest BCUT2D eigenvalue weighted by atomic mass is 16.5. The average molecular weight is 356 g/mol. The molecule has 0 radical (unpaired) electrons. The van der Waals surface area contributed by atoms with E-state index in [-0.39, 0.29) is 0 Å². The van der Waals surface area contributed by atoms with Gasteiger partial charge in [-0.05, 0) is 28.8 Å². The Balaban J connectivity index is 1.61. The fourth-order valence-corrected chi connectivity index (χ4v) is 2.87. The Labute approximate surface area is 153 Å². The standard InChI is InChI=1S/C20H24N2O4/c1-23-18-8-15(9-19(24-2)20(18)25-3)12-26-11-14-4-6-16(7-5-14)17-10-21-13-22-17/h4-9,21H,10-13H2,1-3H3. The van der Waals surface area contributed by atoms with Gasteiger partial charge in [0.2, 0.25) is 5.75 Å². The molecule has 6 heteroatoms. The fourth-order valence-electron chi connectivity index (χ4n) is 2.87. The summed E-state index contributed by atoms with van der Waals surface area (Å²) in [6, 6.07) is 12.1. The van der Waals surface area contributed by atoms with Gasteiger partial charge in [0.25, 0.3) is 0 Å². The Morgan fingerprint density at radius 2 is 1.54 bits per heavy atom. The van der Waals surface area contributed by atoms with Crippen molar-refractivity contribution in [1.29, 1.82) is 0 Å². The van der Waals surface area contributed by atoms with Gasteiger partial charge in [-0.1, -0.05) is 24.3 Å². The molecule has 6 nitrogen and oxygen atoms in total. The fraction of sp³-hybridized carbons (Fsp3) is 0.350. The molecule has 2 aromatic rings. The van der Waals surface area contributed by atoms with E-state index < -0.39 is 0 Å². The summed E-state index contributed by atoms with van der Waals surface area (Å²) in [5.74, 6) is 1.83. The van der Waals surface area contributed by atoms with E-state index >= 15 is 0 Å². The normalized spacial score (nSPS) is 13.4. The molecule has 3 rings (SSSR count). The van der Waals surface area contributed by atoms with Crippen LogP contribution in [0, 0.1) is 0 Å². The van der Waals surface area contributed by atoms with Crippen LogP contribution in [0.1, 0.15) is 16.7 Å². The first-order valence-electron chi connectivity index (χ1n) is 8.45. The minimum atomic E-state index is 0.453. The Morgan fingerprint density at radius 3 is 2.08 bits per heavy atom. The number of nitrogens with one attached hydrogen (secondary N) is 1. The number of aliphatic imine (C=N–C) groups is 1. The predicted octanol–water partition coefficient (Wildman–Crippen LogP) is 2.78. The van der Waals surface area contributed by atoms with Crippen molar-refractivity contribution in [1.82, 2.24) is 5.32 Å². The van der Waals surface area contributed by atoms with Gasteiger partial charge >= 0.3 is 0 Å². The molecule has 0 spiro atoms. The number of rotatable bonds is 8. The monoisotopic (exact) mass is 356 g/mol. The summed E-state index contributed by atoms with van der Waals surface area (Å²) in [6.07, 6.45) is 0. The third kappa shape index (κ3) is 4.15. The molecule has 1 heterocycles. The van der Waals surface area contributed by atoms with Gasteiger partial charge in [-0.15, -0.1) is 0 Å². The van der Waals surface area contributed by atoms with Crippen LogP contribution in [0.15, 0.2) is 41.4 Å². The van der Waals surface area contributed by atoms with E-state index in [1.165, 1.54) is 0 Å². The molecule has 0 amide bonds. The molecular formula is C20H24N2O4. The maximum absolute atomic E-state index is 5.85. The molecule has 1 N–H and O–H groups in total. The van der Waals surface area contributed by atoms with Crippen LogP contribution in [-0.4, -0.2) is 40.3 Å². The molecule has 0 saturated carbocycles. The molecule has 2 aromatic carbocycles. The summed E-state index contributed by atoms with van der Waals surface area (Å²) < 4.78 is 21.9. The highest BCUT2D eigenvalue weighted by Gasteiger charge is 2.13. The highest BCUT2D eigenvalue weighted by Crippen LogP contribution is 2.38. The lowest BCUT2D eigenvalue weighted by Crippen LogP contribution is -2.13. The molecule has 0 atom stereocenters. The quantitative estimate of drug-likeness (QED) is 0.788. The van der Waals surface area contributed by atoms with Crippen LogP contribution >= 0.6 is 0 Å². The van der Waals surface area contributed by atoms with Crippen molar-refractivity contribution < 1.29 is 18.9 Å². The molecule has 0 unspecified atom stereocenters. The molecule has 0 saturated heterocycles. The second kappa shape index (κ2) is 8.69. The van der Waals surface area contributed by atoms with E-state index in [0.29, 0.717) is 37.1 Å². The molecule has 1 aliphatic heterocycles. The Hall–Kier alpha value is -2.57. The van der Waals surface area contributed by atoms with Crippen LogP contribution in [0.4, 0.5) is 0 Å². The summed E-state index contributed by atoms with van der Waals surface area (Å²) in [4.78, 5) is 4.42. The second-order valence-electron chi connectivity index (χ2n) is 5.91. The zero-order chi connectivity index (χ0) is 18.4. The van der Waals surface area contributed by atoms with Gasteiger partial charge in [0.1, 0.15) is 0 Å². The Kier molecular flexibility index (Phi) is 6.09. The first-order chi connectivity index (χ1) is 12.7. The summed E-state index contributed by atoms with van der Waals surface area (Å²) in [6.45, 7) is 2.52. The summed E-state index contributed by atoms with van der Waals surface area (Å²) in [5.41, 5.74) is 4.34. The minimum absolute atomic E-state index is 0.453. The lowest BCUT2D eigenvalue weighted by atomic mass is 10.1. The first-order valence-corrected chi connectivity index (χ1v) is 8.45. The van der Waals surface area contributed by atoms with Crippen LogP contribution < -0.4 is 19.5 Å². The maximum atomic E-state index is 5.85.